The molecule has 0 atom stereocenters. The number of thiazole rings is 1. The van der Waals surface area contributed by atoms with Crippen molar-refractivity contribution in [3.63, 3.8) is 0 Å². The summed E-state index contributed by atoms with van der Waals surface area (Å²) in [4.78, 5) is 16.1. The van der Waals surface area contributed by atoms with Crippen molar-refractivity contribution in [2.24, 2.45) is 0 Å². The molecule has 0 aromatic carbocycles. The number of ether oxygens (including phenoxy) is 2. The molecule has 1 heterocycles. The summed E-state index contributed by atoms with van der Waals surface area (Å²) in [5.74, 6) is -0.151. The molecule has 1 fully saturated rings. The highest BCUT2D eigenvalue weighted by Gasteiger charge is 2.39. The lowest BCUT2D eigenvalue weighted by Crippen LogP contribution is -2.26. The normalized spacial score (nSPS) is 17.3. The van der Waals surface area contributed by atoms with Gasteiger partial charge in [-0.3, -0.25) is 4.79 Å². The summed E-state index contributed by atoms with van der Waals surface area (Å²) in [6.45, 7) is 5.02. The first-order valence-corrected chi connectivity index (χ1v) is 8.32. The summed E-state index contributed by atoms with van der Waals surface area (Å²) in [6.07, 6.45) is 5.59. The minimum atomic E-state index is -0.165. The molecular weight excluding hydrogens is 274 g/mol. The van der Waals surface area contributed by atoms with E-state index in [0.29, 0.717) is 19.4 Å². The van der Waals surface area contributed by atoms with Crippen LogP contribution in [0.4, 0.5) is 0 Å². The second-order valence-electron chi connectivity index (χ2n) is 5.08. The van der Waals surface area contributed by atoms with Gasteiger partial charge in [0.25, 0.3) is 0 Å². The molecule has 0 amide bonds. The molecule has 0 N–H and O–H groups in total. The molecule has 0 radical (unpaired) electrons. The summed E-state index contributed by atoms with van der Waals surface area (Å²) >= 11 is 1.66. The van der Waals surface area contributed by atoms with Crippen molar-refractivity contribution in [2.45, 2.75) is 58.0 Å². The zero-order valence-corrected chi connectivity index (χ0v) is 13.1. The van der Waals surface area contributed by atoms with Crippen LogP contribution in [0.25, 0.3) is 0 Å². The van der Waals surface area contributed by atoms with Crippen LogP contribution in [0.3, 0.4) is 0 Å². The van der Waals surface area contributed by atoms with Gasteiger partial charge in [0.15, 0.2) is 0 Å². The molecule has 0 saturated heterocycles. The highest BCUT2D eigenvalue weighted by atomic mass is 32.1. The Morgan fingerprint density at radius 2 is 2.10 bits per heavy atom. The number of esters is 1. The van der Waals surface area contributed by atoms with Crippen molar-refractivity contribution in [2.75, 3.05) is 13.2 Å². The first-order valence-electron chi connectivity index (χ1n) is 7.44. The number of hydrogen-bond donors (Lipinski definition) is 0. The van der Waals surface area contributed by atoms with Gasteiger partial charge in [0.1, 0.15) is 10.6 Å². The van der Waals surface area contributed by atoms with Gasteiger partial charge in [-0.1, -0.05) is 12.8 Å². The topological polar surface area (TPSA) is 48.4 Å². The van der Waals surface area contributed by atoms with Gasteiger partial charge in [-0.05, 0) is 26.7 Å². The molecule has 1 aliphatic rings. The number of hydrogen-bond acceptors (Lipinski definition) is 5. The van der Waals surface area contributed by atoms with Crippen LogP contribution in [0.1, 0.15) is 56.7 Å². The molecule has 0 spiro atoms. The van der Waals surface area contributed by atoms with E-state index in [0.717, 1.165) is 30.2 Å². The van der Waals surface area contributed by atoms with Gasteiger partial charge in [-0.15, -0.1) is 11.3 Å². The van der Waals surface area contributed by atoms with E-state index >= 15 is 0 Å². The molecule has 1 aromatic heterocycles. The Morgan fingerprint density at radius 1 is 1.35 bits per heavy atom. The number of aromatic nitrogens is 1. The van der Waals surface area contributed by atoms with Crippen LogP contribution in [0.2, 0.25) is 0 Å². The van der Waals surface area contributed by atoms with Crippen LogP contribution in [-0.2, 0) is 26.3 Å². The quantitative estimate of drug-likeness (QED) is 0.723. The lowest BCUT2D eigenvalue weighted by molar-refractivity contribution is -0.143. The molecule has 0 aliphatic heterocycles. The smallest absolute Gasteiger partial charge is 0.306 e. The number of nitrogens with zero attached hydrogens (tertiary/aromatic N) is 1. The van der Waals surface area contributed by atoms with Gasteiger partial charge in [0.2, 0.25) is 0 Å². The number of aryl methyl sites for hydroxylation is 1. The minimum Gasteiger partial charge on any atom is -0.466 e. The minimum absolute atomic E-state index is 0.151. The van der Waals surface area contributed by atoms with E-state index < -0.39 is 0 Å². The maximum Gasteiger partial charge on any atom is 0.306 e. The van der Waals surface area contributed by atoms with E-state index in [1.807, 2.05) is 19.2 Å². The Morgan fingerprint density at radius 3 is 2.75 bits per heavy atom. The second kappa shape index (κ2) is 7.18. The molecule has 112 valence electrons. The summed E-state index contributed by atoms with van der Waals surface area (Å²) in [5, 5.41) is 3.13. The van der Waals surface area contributed by atoms with Crippen molar-refractivity contribution < 1.29 is 14.3 Å². The molecule has 4 nitrogen and oxygen atoms in total. The second-order valence-corrected chi connectivity index (χ2v) is 5.94. The SMILES string of the molecule is CCOC(=O)CCc1csc(C2(OCC)CCCC2)n1. The molecule has 5 heteroatoms. The largest absolute Gasteiger partial charge is 0.466 e. The van der Waals surface area contributed by atoms with Gasteiger partial charge >= 0.3 is 5.97 Å². The van der Waals surface area contributed by atoms with E-state index in [2.05, 4.69) is 0 Å². The van der Waals surface area contributed by atoms with Crippen molar-refractivity contribution in [3.8, 4) is 0 Å². The maximum absolute atomic E-state index is 11.4. The van der Waals surface area contributed by atoms with Crippen LogP contribution in [0, 0.1) is 0 Å². The molecule has 1 aromatic rings. The summed E-state index contributed by atoms with van der Waals surface area (Å²) in [6, 6.07) is 0. The van der Waals surface area contributed by atoms with Crippen molar-refractivity contribution in [1.29, 1.82) is 0 Å². The molecule has 0 bridgehead atoms. The van der Waals surface area contributed by atoms with E-state index in [9.17, 15) is 4.79 Å². The van der Waals surface area contributed by atoms with Crippen LogP contribution >= 0.6 is 11.3 Å². The molecule has 20 heavy (non-hydrogen) atoms. The first kappa shape index (κ1) is 15.4. The molecule has 1 saturated carbocycles. The van der Waals surface area contributed by atoms with Crippen LogP contribution in [-0.4, -0.2) is 24.2 Å². The Balaban J connectivity index is 1.98. The average molecular weight is 297 g/mol. The highest BCUT2D eigenvalue weighted by molar-refractivity contribution is 7.09. The summed E-state index contributed by atoms with van der Waals surface area (Å²) < 4.78 is 11.0. The summed E-state index contributed by atoms with van der Waals surface area (Å²) in [5.41, 5.74) is 0.811. The predicted molar refractivity (Wildman–Crippen MR) is 78.8 cm³/mol. The fraction of sp³-hybridized carbons (Fsp3) is 0.733. The van der Waals surface area contributed by atoms with Crippen LogP contribution in [0.15, 0.2) is 5.38 Å². The zero-order chi connectivity index (χ0) is 14.4. The number of carbonyl (C=O) groups is 1. The third-order valence-corrected chi connectivity index (χ3v) is 4.74. The standard InChI is InChI=1S/C15H23NO3S/c1-3-18-13(17)8-7-12-11-20-14(16-12)15(19-4-2)9-5-6-10-15/h11H,3-10H2,1-2H3. The Labute approximate surface area is 124 Å². The van der Waals surface area contributed by atoms with Gasteiger partial charge in [-0.2, -0.15) is 0 Å². The van der Waals surface area contributed by atoms with Crippen LogP contribution < -0.4 is 0 Å². The predicted octanol–water partition coefficient (Wildman–Crippen LogP) is 3.44. The molecule has 0 unspecified atom stereocenters. The Hall–Kier alpha value is -0.940. The molecule has 1 aliphatic carbocycles. The maximum atomic E-state index is 11.4. The van der Waals surface area contributed by atoms with Crippen molar-refractivity contribution in [1.82, 2.24) is 4.98 Å². The van der Waals surface area contributed by atoms with E-state index in [-0.39, 0.29) is 11.6 Å². The molecule has 2 rings (SSSR count). The first-order chi connectivity index (χ1) is 9.70. The molecular formula is C15H23NO3S. The lowest BCUT2D eigenvalue weighted by atomic mass is 10.0. The number of carbonyl (C=O) groups excluding carboxylic acids is 1. The van der Waals surface area contributed by atoms with Gasteiger partial charge in [-0.25, -0.2) is 4.98 Å². The van der Waals surface area contributed by atoms with E-state index in [1.165, 1.54) is 12.8 Å². The van der Waals surface area contributed by atoms with Crippen molar-refractivity contribution in [3.05, 3.63) is 16.1 Å². The zero-order valence-electron chi connectivity index (χ0n) is 12.3. The third-order valence-electron chi connectivity index (χ3n) is 3.66. The van der Waals surface area contributed by atoms with Gasteiger partial charge in [0, 0.05) is 18.4 Å². The van der Waals surface area contributed by atoms with E-state index in [1.54, 1.807) is 11.3 Å². The van der Waals surface area contributed by atoms with Gasteiger partial charge in [0.05, 0.1) is 18.7 Å². The Kier molecular flexibility index (Phi) is 5.54. The van der Waals surface area contributed by atoms with E-state index in [4.69, 9.17) is 14.5 Å². The fourth-order valence-electron chi connectivity index (χ4n) is 2.74. The average Bonchev–Trinajstić information content (AvgIpc) is 3.06. The lowest BCUT2D eigenvalue weighted by Gasteiger charge is -2.26. The monoisotopic (exact) mass is 297 g/mol. The Bertz CT molecular complexity index is 438. The van der Waals surface area contributed by atoms with Crippen LogP contribution in [0.5, 0.6) is 0 Å². The third kappa shape index (κ3) is 3.58. The number of rotatable bonds is 7. The van der Waals surface area contributed by atoms with Crippen molar-refractivity contribution >= 4 is 17.3 Å². The fourth-order valence-corrected chi connectivity index (χ4v) is 3.80. The summed E-state index contributed by atoms with van der Waals surface area (Å²) in [7, 11) is 0. The highest BCUT2D eigenvalue weighted by Crippen LogP contribution is 2.43. The van der Waals surface area contributed by atoms with Gasteiger partial charge < -0.3 is 9.47 Å².